The minimum atomic E-state index is -0.929. The summed E-state index contributed by atoms with van der Waals surface area (Å²) in [7, 11) is 0. The van der Waals surface area contributed by atoms with Crippen molar-refractivity contribution in [1.82, 2.24) is 4.57 Å². The number of aromatic nitrogens is 1. The smallest absolute Gasteiger partial charge is 0.335 e. The van der Waals surface area contributed by atoms with Crippen LogP contribution in [0, 0.1) is 6.92 Å². The molecule has 33 heavy (non-hydrogen) atoms. The lowest BCUT2D eigenvalue weighted by Gasteiger charge is -2.11. The van der Waals surface area contributed by atoms with Gasteiger partial charge in [-0.15, -0.1) is 0 Å². The number of aromatic carboxylic acids is 1. The molecule has 0 radical (unpaired) electrons. The first-order valence-electron chi connectivity index (χ1n) is 10.5. The van der Waals surface area contributed by atoms with E-state index in [1.165, 1.54) is 5.56 Å². The predicted octanol–water partition coefficient (Wildman–Crippen LogP) is 8.11. The fraction of sp³-hybridized carbons (Fsp3) is 0.0357. The normalized spacial score (nSPS) is 11.1. The molecule has 1 aromatic heterocycles. The zero-order valence-corrected chi connectivity index (χ0v) is 19.4. The van der Waals surface area contributed by atoms with Crippen molar-refractivity contribution in [2.24, 2.45) is 0 Å². The van der Waals surface area contributed by atoms with Gasteiger partial charge in [-0.1, -0.05) is 78.0 Å². The number of fused-ring (bicyclic) bond motifs is 1. The molecule has 0 fully saturated rings. The second-order valence-corrected chi connectivity index (χ2v) is 9.28. The van der Waals surface area contributed by atoms with E-state index >= 15 is 0 Å². The number of carboxylic acid groups (broad SMARTS) is 1. The molecule has 5 rings (SSSR count). The number of hydrogen-bond acceptors (Lipinski definition) is 2. The first-order chi connectivity index (χ1) is 16.0. The number of carbonyl (C=O) groups is 1. The maximum Gasteiger partial charge on any atom is 0.335 e. The Morgan fingerprint density at radius 3 is 2.30 bits per heavy atom. The summed E-state index contributed by atoms with van der Waals surface area (Å²) in [6, 6.07) is 31.7. The van der Waals surface area contributed by atoms with E-state index in [1.54, 1.807) is 30.0 Å². The van der Waals surface area contributed by atoms with Gasteiger partial charge in [0.15, 0.2) is 0 Å². The van der Waals surface area contributed by atoms with Crippen molar-refractivity contribution < 1.29 is 9.90 Å². The molecule has 0 aliphatic carbocycles. The van der Waals surface area contributed by atoms with Crippen LogP contribution in [0.3, 0.4) is 0 Å². The van der Waals surface area contributed by atoms with Gasteiger partial charge >= 0.3 is 5.97 Å². The van der Waals surface area contributed by atoms with Crippen molar-refractivity contribution in [3.05, 3.63) is 113 Å². The zero-order valence-electron chi connectivity index (χ0n) is 17.8. The molecule has 0 saturated carbocycles. The Balaban J connectivity index is 1.61. The Bertz CT molecular complexity index is 1470. The first kappa shape index (κ1) is 21.4. The summed E-state index contributed by atoms with van der Waals surface area (Å²) < 4.78 is 2.21. The summed E-state index contributed by atoms with van der Waals surface area (Å²) in [5.74, 6) is -0.929. The van der Waals surface area contributed by atoms with Gasteiger partial charge in [-0.2, -0.15) is 0 Å². The lowest BCUT2D eigenvalue weighted by molar-refractivity contribution is 0.0696. The van der Waals surface area contributed by atoms with Crippen LogP contribution in [0.4, 0.5) is 0 Å². The van der Waals surface area contributed by atoms with E-state index in [0.29, 0.717) is 5.02 Å². The predicted molar refractivity (Wildman–Crippen MR) is 136 cm³/mol. The van der Waals surface area contributed by atoms with Gasteiger partial charge in [-0.05, 0) is 60.5 Å². The SMILES string of the molecule is Cc1c(Sc2cccc(C(=O)O)c2)c2ccc(Cl)cc2n1-c1ccc(-c2ccccc2)cc1. The summed E-state index contributed by atoms with van der Waals surface area (Å²) >= 11 is 7.94. The van der Waals surface area contributed by atoms with Crippen molar-refractivity contribution in [3.8, 4) is 16.8 Å². The van der Waals surface area contributed by atoms with Gasteiger partial charge in [0.05, 0.1) is 11.1 Å². The van der Waals surface area contributed by atoms with Crippen LogP contribution in [0.1, 0.15) is 16.1 Å². The number of carboxylic acids is 1. The minimum Gasteiger partial charge on any atom is -0.478 e. The number of rotatable bonds is 5. The van der Waals surface area contributed by atoms with Gasteiger partial charge in [-0.3, -0.25) is 0 Å². The van der Waals surface area contributed by atoms with Gasteiger partial charge < -0.3 is 9.67 Å². The number of benzene rings is 4. The third-order valence-electron chi connectivity index (χ3n) is 5.64. The molecule has 5 heteroatoms. The highest BCUT2D eigenvalue weighted by Gasteiger charge is 2.17. The van der Waals surface area contributed by atoms with E-state index in [0.717, 1.165) is 37.6 Å². The molecule has 3 nitrogen and oxygen atoms in total. The number of halogens is 1. The average Bonchev–Trinajstić information content (AvgIpc) is 3.10. The minimum absolute atomic E-state index is 0.279. The lowest BCUT2D eigenvalue weighted by atomic mass is 10.1. The first-order valence-corrected chi connectivity index (χ1v) is 11.7. The molecule has 0 aliphatic heterocycles. The Labute approximate surface area is 201 Å². The number of nitrogens with zero attached hydrogens (tertiary/aromatic N) is 1. The molecule has 0 atom stereocenters. The largest absolute Gasteiger partial charge is 0.478 e. The van der Waals surface area contributed by atoms with Gasteiger partial charge in [0.1, 0.15) is 0 Å². The van der Waals surface area contributed by atoms with Crippen LogP contribution >= 0.6 is 23.4 Å². The summed E-state index contributed by atoms with van der Waals surface area (Å²) in [5, 5.41) is 11.1. The second-order valence-electron chi connectivity index (χ2n) is 7.76. The highest BCUT2D eigenvalue weighted by molar-refractivity contribution is 7.99. The molecule has 0 saturated heterocycles. The summed E-state index contributed by atoms with van der Waals surface area (Å²) in [6.07, 6.45) is 0. The van der Waals surface area contributed by atoms with Gasteiger partial charge in [0.25, 0.3) is 0 Å². The Morgan fingerprint density at radius 2 is 1.58 bits per heavy atom. The quantitative estimate of drug-likeness (QED) is 0.282. The maximum absolute atomic E-state index is 11.4. The molecule has 0 bridgehead atoms. The molecule has 1 N–H and O–H groups in total. The summed E-state index contributed by atoms with van der Waals surface area (Å²) in [6.45, 7) is 2.09. The molecule has 1 heterocycles. The average molecular weight is 470 g/mol. The van der Waals surface area contributed by atoms with Crippen LogP contribution in [0.2, 0.25) is 5.02 Å². The van der Waals surface area contributed by atoms with Crippen LogP contribution in [0.15, 0.2) is 107 Å². The van der Waals surface area contributed by atoms with Gasteiger partial charge in [0, 0.05) is 31.6 Å². The van der Waals surface area contributed by atoms with Crippen molar-refractivity contribution >= 4 is 40.2 Å². The van der Waals surface area contributed by atoms with E-state index in [2.05, 4.69) is 47.9 Å². The van der Waals surface area contributed by atoms with Crippen LogP contribution in [-0.4, -0.2) is 15.6 Å². The standard InChI is InChI=1S/C28H20ClNO2S/c1-18-27(33-24-9-5-8-21(16-24)28(31)32)25-15-12-22(29)17-26(25)30(18)23-13-10-20(11-14-23)19-6-3-2-4-7-19/h2-17H,1H3,(H,31,32). The fourth-order valence-electron chi connectivity index (χ4n) is 4.06. The molecule has 0 unspecified atom stereocenters. The summed E-state index contributed by atoms with van der Waals surface area (Å²) in [4.78, 5) is 13.4. The summed E-state index contributed by atoms with van der Waals surface area (Å²) in [5.41, 5.74) is 5.75. The molecule has 0 aliphatic rings. The zero-order chi connectivity index (χ0) is 22.9. The lowest BCUT2D eigenvalue weighted by Crippen LogP contribution is -1.97. The van der Waals surface area contributed by atoms with Crippen LogP contribution in [0.5, 0.6) is 0 Å². The Hall–Kier alpha value is -3.47. The van der Waals surface area contributed by atoms with Gasteiger partial charge in [0.2, 0.25) is 0 Å². The van der Waals surface area contributed by atoms with Crippen molar-refractivity contribution in [2.75, 3.05) is 0 Å². The number of hydrogen-bond donors (Lipinski definition) is 1. The topological polar surface area (TPSA) is 42.2 Å². The van der Waals surface area contributed by atoms with Crippen LogP contribution in [0.25, 0.3) is 27.7 Å². The molecule has 0 amide bonds. The molecule has 162 valence electrons. The van der Waals surface area contributed by atoms with Crippen molar-refractivity contribution in [2.45, 2.75) is 16.7 Å². The molecule has 0 spiro atoms. The van der Waals surface area contributed by atoms with E-state index in [4.69, 9.17) is 11.6 Å². The Morgan fingerprint density at radius 1 is 0.848 bits per heavy atom. The van der Waals surface area contributed by atoms with Gasteiger partial charge in [-0.25, -0.2) is 4.79 Å². The molecular weight excluding hydrogens is 450 g/mol. The third-order valence-corrected chi connectivity index (χ3v) is 7.09. The second kappa shape index (κ2) is 8.81. The van der Waals surface area contributed by atoms with E-state index in [9.17, 15) is 9.90 Å². The van der Waals surface area contributed by atoms with Crippen molar-refractivity contribution in [3.63, 3.8) is 0 Å². The highest BCUT2D eigenvalue weighted by Crippen LogP contribution is 2.41. The maximum atomic E-state index is 11.4. The molecular formula is C28H20ClNO2S. The Kier molecular flexibility index (Phi) is 5.71. The molecule has 4 aromatic carbocycles. The van der Waals surface area contributed by atoms with E-state index in [-0.39, 0.29) is 5.56 Å². The third kappa shape index (κ3) is 4.15. The fourth-order valence-corrected chi connectivity index (χ4v) is 5.32. The van der Waals surface area contributed by atoms with E-state index in [1.807, 2.05) is 42.5 Å². The highest BCUT2D eigenvalue weighted by atomic mass is 35.5. The monoisotopic (exact) mass is 469 g/mol. The molecule has 5 aromatic rings. The van der Waals surface area contributed by atoms with E-state index < -0.39 is 5.97 Å². The van der Waals surface area contributed by atoms with Crippen LogP contribution < -0.4 is 0 Å². The van der Waals surface area contributed by atoms with Crippen molar-refractivity contribution in [1.29, 1.82) is 0 Å². The van der Waals surface area contributed by atoms with Crippen LogP contribution in [-0.2, 0) is 0 Å².